The van der Waals surface area contributed by atoms with Crippen LogP contribution in [0.3, 0.4) is 0 Å². The molecule has 3 rings (SSSR count). The summed E-state index contributed by atoms with van der Waals surface area (Å²) >= 11 is 1.62. The minimum atomic E-state index is -0.801. The summed E-state index contributed by atoms with van der Waals surface area (Å²) < 4.78 is 5.95. The van der Waals surface area contributed by atoms with Crippen LogP contribution in [0, 0.1) is 6.92 Å². The number of benzene rings is 1. The van der Waals surface area contributed by atoms with Crippen molar-refractivity contribution in [2.75, 3.05) is 0 Å². The molecule has 0 saturated heterocycles. The Bertz CT molecular complexity index is 644. The van der Waals surface area contributed by atoms with E-state index in [1.807, 2.05) is 36.6 Å². The van der Waals surface area contributed by atoms with Gasteiger partial charge in [-0.3, -0.25) is 4.79 Å². The number of carboxylic acid groups (broad SMARTS) is 1. The van der Waals surface area contributed by atoms with E-state index in [2.05, 4.69) is 4.98 Å². The maximum atomic E-state index is 11.0. The van der Waals surface area contributed by atoms with Crippen molar-refractivity contribution in [1.82, 2.24) is 4.98 Å². The van der Waals surface area contributed by atoms with Crippen LogP contribution in [0.2, 0.25) is 0 Å². The zero-order valence-corrected chi connectivity index (χ0v) is 12.7. The largest absolute Gasteiger partial charge is 0.487 e. The Labute approximate surface area is 127 Å². The van der Waals surface area contributed by atoms with Crippen molar-refractivity contribution in [3.63, 3.8) is 0 Å². The molecule has 1 N–H and O–H groups in total. The number of aliphatic carboxylic acids is 1. The van der Waals surface area contributed by atoms with Crippen molar-refractivity contribution in [3.8, 4) is 16.3 Å². The van der Waals surface area contributed by atoms with E-state index in [0.717, 1.165) is 41.3 Å². The van der Waals surface area contributed by atoms with E-state index in [4.69, 9.17) is 9.84 Å². The molecule has 5 heteroatoms. The highest BCUT2D eigenvalue weighted by molar-refractivity contribution is 7.13. The van der Waals surface area contributed by atoms with Gasteiger partial charge in [-0.25, -0.2) is 4.98 Å². The molecule has 1 saturated carbocycles. The van der Waals surface area contributed by atoms with Gasteiger partial charge in [0.1, 0.15) is 16.4 Å². The molecule has 0 spiro atoms. The molecule has 1 aliphatic rings. The Morgan fingerprint density at radius 1 is 1.38 bits per heavy atom. The molecule has 0 radical (unpaired) electrons. The van der Waals surface area contributed by atoms with Crippen molar-refractivity contribution in [2.24, 2.45) is 0 Å². The first kappa shape index (κ1) is 14.1. The Hall–Kier alpha value is -1.88. The van der Waals surface area contributed by atoms with Gasteiger partial charge in [-0.15, -0.1) is 11.3 Å². The van der Waals surface area contributed by atoms with Gasteiger partial charge in [0, 0.05) is 16.6 Å². The lowest BCUT2D eigenvalue weighted by Gasteiger charge is -2.40. The summed E-state index contributed by atoms with van der Waals surface area (Å²) in [5.74, 6) is -0.0717. The second-order valence-electron chi connectivity index (χ2n) is 5.53. The number of hydrogen-bond acceptors (Lipinski definition) is 4. The molecule has 0 unspecified atom stereocenters. The molecule has 1 fully saturated rings. The van der Waals surface area contributed by atoms with Crippen LogP contribution in [0.1, 0.15) is 31.4 Å². The maximum Gasteiger partial charge on any atom is 0.307 e. The van der Waals surface area contributed by atoms with E-state index in [-0.39, 0.29) is 6.42 Å². The highest BCUT2D eigenvalue weighted by atomic mass is 32.1. The summed E-state index contributed by atoms with van der Waals surface area (Å²) in [5.41, 5.74) is 1.57. The summed E-state index contributed by atoms with van der Waals surface area (Å²) in [7, 11) is 0. The molecule has 1 heterocycles. The highest BCUT2D eigenvalue weighted by Crippen LogP contribution is 2.39. The van der Waals surface area contributed by atoms with Gasteiger partial charge in [0.25, 0.3) is 0 Å². The summed E-state index contributed by atoms with van der Waals surface area (Å²) in [4.78, 5) is 15.4. The predicted octanol–water partition coefficient (Wildman–Crippen LogP) is 3.89. The Balaban J connectivity index is 1.73. The molecule has 2 aromatic rings. The average Bonchev–Trinajstić information content (AvgIpc) is 2.83. The van der Waals surface area contributed by atoms with Gasteiger partial charge < -0.3 is 9.84 Å². The van der Waals surface area contributed by atoms with E-state index in [0.29, 0.717) is 0 Å². The standard InChI is InChI=1S/C16H17NO3S/c1-11-10-21-15(17-11)12-3-5-13(6-4-12)20-16(7-2-8-16)9-14(18)19/h3-6,10H,2,7-9H2,1H3,(H,18,19). The zero-order chi connectivity index (χ0) is 14.9. The number of rotatable bonds is 5. The molecular weight excluding hydrogens is 286 g/mol. The lowest BCUT2D eigenvalue weighted by Crippen LogP contribution is -2.45. The van der Waals surface area contributed by atoms with Crippen molar-refractivity contribution in [2.45, 2.75) is 38.2 Å². The van der Waals surface area contributed by atoms with Crippen LogP contribution in [0.5, 0.6) is 5.75 Å². The van der Waals surface area contributed by atoms with Crippen molar-refractivity contribution >= 4 is 17.3 Å². The quantitative estimate of drug-likeness (QED) is 0.910. The van der Waals surface area contributed by atoms with Gasteiger partial charge in [0.2, 0.25) is 0 Å². The Morgan fingerprint density at radius 2 is 2.10 bits per heavy atom. The first-order chi connectivity index (χ1) is 10.1. The first-order valence-electron chi connectivity index (χ1n) is 7.00. The monoisotopic (exact) mass is 303 g/mol. The van der Waals surface area contributed by atoms with E-state index in [1.165, 1.54) is 0 Å². The van der Waals surface area contributed by atoms with Crippen LogP contribution >= 0.6 is 11.3 Å². The summed E-state index contributed by atoms with van der Waals surface area (Å²) in [5, 5.41) is 12.0. The molecule has 4 nitrogen and oxygen atoms in total. The number of thiazole rings is 1. The van der Waals surface area contributed by atoms with Gasteiger partial charge in [-0.05, 0) is 50.5 Å². The lowest BCUT2D eigenvalue weighted by atomic mass is 9.77. The van der Waals surface area contributed by atoms with Crippen LogP contribution in [-0.4, -0.2) is 21.7 Å². The van der Waals surface area contributed by atoms with E-state index in [9.17, 15) is 4.79 Å². The van der Waals surface area contributed by atoms with Crippen LogP contribution in [0.15, 0.2) is 29.6 Å². The molecule has 0 amide bonds. The van der Waals surface area contributed by atoms with E-state index >= 15 is 0 Å². The minimum absolute atomic E-state index is 0.0699. The number of ether oxygens (including phenoxy) is 1. The lowest BCUT2D eigenvalue weighted by molar-refractivity contribution is -0.144. The third-order valence-electron chi connectivity index (χ3n) is 3.79. The van der Waals surface area contributed by atoms with Crippen LogP contribution in [-0.2, 0) is 4.79 Å². The molecule has 0 bridgehead atoms. The molecule has 1 aliphatic carbocycles. The number of aryl methyl sites for hydroxylation is 1. The molecule has 1 aromatic carbocycles. The zero-order valence-electron chi connectivity index (χ0n) is 11.8. The number of nitrogens with zero attached hydrogens (tertiary/aromatic N) is 1. The number of carbonyl (C=O) groups is 1. The molecule has 21 heavy (non-hydrogen) atoms. The molecule has 0 atom stereocenters. The van der Waals surface area contributed by atoms with E-state index < -0.39 is 11.6 Å². The second kappa shape index (κ2) is 5.48. The normalized spacial score (nSPS) is 16.2. The van der Waals surface area contributed by atoms with E-state index in [1.54, 1.807) is 11.3 Å². The van der Waals surface area contributed by atoms with Crippen molar-refractivity contribution < 1.29 is 14.6 Å². The minimum Gasteiger partial charge on any atom is -0.487 e. The summed E-state index contributed by atoms with van der Waals surface area (Å²) in [6.45, 7) is 1.98. The van der Waals surface area contributed by atoms with Crippen LogP contribution in [0.25, 0.3) is 10.6 Å². The van der Waals surface area contributed by atoms with Gasteiger partial charge in [-0.1, -0.05) is 0 Å². The molecular formula is C16H17NO3S. The number of carboxylic acids is 1. The van der Waals surface area contributed by atoms with Gasteiger partial charge in [0.05, 0.1) is 6.42 Å². The number of hydrogen-bond donors (Lipinski definition) is 1. The van der Waals surface area contributed by atoms with Gasteiger partial charge in [-0.2, -0.15) is 0 Å². The fourth-order valence-corrected chi connectivity index (χ4v) is 3.37. The fraction of sp³-hybridized carbons (Fsp3) is 0.375. The third kappa shape index (κ3) is 3.08. The SMILES string of the molecule is Cc1csc(-c2ccc(OC3(CC(=O)O)CCC3)cc2)n1. The smallest absolute Gasteiger partial charge is 0.307 e. The summed E-state index contributed by atoms with van der Waals surface area (Å²) in [6, 6.07) is 7.74. The topological polar surface area (TPSA) is 59.4 Å². The van der Waals surface area contributed by atoms with Gasteiger partial charge >= 0.3 is 5.97 Å². The average molecular weight is 303 g/mol. The van der Waals surface area contributed by atoms with Crippen molar-refractivity contribution in [1.29, 1.82) is 0 Å². The Kier molecular flexibility index (Phi) is 3.68. The second-order valence-corrected chi connectivity index (χ2v) is 6.39. The molecule has 110 valence electrons. The first-order valence-corrected chi connectivity index (χ1v) is 7.88. The third-order valence-corrected chi connectivity index (χ3v) is 4.80. The molecule has 0 aliphatic heterocycles. The number of aromatic nitrogens is 1. The predicted molar refractivity (Wildman–Crippen MR) is 81.7 cm³/mol. The van der Waals surface area contributed by atoms with Crippen molar-refractivity contribution in [3.05, 3.63) is 35.3 Å². The van der Waals surface area contributed by atoms with Crippen LogP contribution in [0.4, 0.5) is 0 Å². The Morgan fingerprint density at radius 3 is 2.57 bits per heavy atom. The maximum absolute atomic E-state index is 11.0. The fourth-order valence-electron chi connectivity index (χ4n) is 2.56. The van der Waals surface area contributed by atoms with Gasteiger partial charge in [0.15, 0.2) is 0 Å². The molecule has 1 aromatic heterocycles. The summed E-state index contributed by atoms with van der Waals surface area (Å²) in [6.07, 6.45) is 2.73. The highest BCUT2D eigenvalue weighted by Gasteiger charge is 2.41. The van der Waals surface area contributed by atoms with Crippen LogP contribution < -0.4 is 4.74 Å².